The van der Waals surface area contributed by atoms with Gasteiger partial charge in [-0.2, -0.15) is 11.8 Å². The molecular formula is C20H32N4O2S. The number of rotatable bonds is 8. The SMILES string of the molecule is CN=C(NCCCOc1ccccc1)NCC1(N2CCOCC2)CCSC1. The first-order valence-corrected chi connectivity index (χ1v) is 11.0. The van der Waals surface area contributed by atoms with Crippen LogP contribution in [0.25, 0.3) is 0 Å². The minimum Gasteiger partial charge on any atom is -0.494 e. The van der Waals surface area contributed by atoms with Gasteiger partial charge in [0.15, 0.2) is 5.96 Å². The fraction of sp³-hybridized carbons (Fsp3) is 0.650. The van der Waals surface area contributed by atoms with Crippen LogP contribution in [0.1, 0.15) is 12.8 Å². The van der Waals surface area contributed by atoms with Crippen LogP contribution in [-0.4, -0.2) is 81.0 Å². The second-order valence-corrected chi connectivity index (χ2v) is 8.10. The standard InChI is InChI=1S/C20H32N4O2S/c1-21-19(22-9-5-12-26-18-6-3-2-4-7-18)23-16-20(8-15-27-17-20)24-10-13-25-14-11-24/h2-4,6-7H,5,8-17H2,1H3,(H2,21,22,23). The molecule has 7 heteroatoms. The van der Waals surface area contributed by atoms with Crippen LogP contribution in [0.2, 0.25) is 0 Å². The van der Waals surface area contributed by atoms with E-state index in [2.05, 4.69) is 32.3 Å². The maximum atomic E-state index is 5.74. The lowest BCUT2D eigenvalue weighted by Crippen LogP contribution is -2.60. The van der Waals surface area contributed by atoms with Crippen LogP contribution in [0.5, 0.6) is 5.75 Å². The van der Waals surface area contributed by atoms with Gasteiger partial charge in [0.05, 0.1) is 19.8 Å². The Morgan fingerprint density at radius 3 is 2.78 bits per heavy atom. The summed E-state index contributed by atoms with van der Waals surface area (Å²) in [6.45, 7) is 6.23. The fourth-order valence-electron chi connectivity index (χ4n) is 3.59. The van der Waals surface area contributed by atoms with Crippen molar-refractivity contribution in [2.75, 3.05) is 64.6 Å². The van der Waals surface area contributed by atoms with Gasteiger partial charge in [-0.15, -0.1) is 0 Å². The van der Waals surface area contributed by atoms with Crippen LogP contribution in [0, 0.1) is 0 Å². The molecular weight excluding hydrogens is 360 g/mol. The fourth-order valence-corrected chi connectivity index (χ4v) is 5.07. The lowest BCUT2D eigenvalue weighted by molar-refractivity contribution is -0.0120. The number of nitrogens with one attached hydrogen (secondary N) is 2. The minimum atomic E-state index is 0.225. The maximum Gasteiger partial charge on any atom is 0.191 e. The number of hydrogen-bond acceptors (Lipinski definition) is 5. The topological polar surface area (TPSA) is 58.1 Å². The van der Waals surface area contributed by atoms with Gasteiger partial charge in [-0.05, 0) is 30.7 Å². The van der Waals surface area contributed by atoms with Crippen LogP contribution in [0.3, 0.4) is 0 Å². The highest BCUT2D eigenvalue weighted by Gasteiger charge is 2.40. The van der Waals surface area contributed by atoms with Gasteiger partial charge in [0.1, 0.15) is 5.75 Å². The molecule has 0 saturated carbocycles. The molecule has 6 nitrogen and oxygen atoms in total. The molecule has 0 aromatic heterocycles. The van der Waals surface area contributed by atoms with Crippen molar-refractivity contribution >= 4 is 17.7 Å². The molecule has 0 bridgehead atoms. The van der Waals surface area contributed by atoms with Crippen LogP contribution in [0.15, 0.2) is 35.3 Å². The van der Waals surface area contributed by atoms with Gasteiger partial charge in [0.2, 0.25) is 0 Å². The van der Waals surface area contributed by atoms with Gasteiger partial charge in [-0.3, -0.25) is 9.89 Å². The molecule has 2 fully saturated rings. The first-order chi connectivity index (χ1) is 13.3. The zero-order valence-corrected chi connectivity index (χ0v) is 17.1. The number of guanidine groups is 1. The first kappa shape index (κ1) is 20.3. The van der Waals surface area contributed by atoms with E-state index in [1.54, 1.807) is 0 Å². The number of aliphatic imine (C=N–C) groups is 1. The number of ether oxygens (including phenoxy) is 2. The van der Waals surface area contributed by atoms with Crippen LogP contribution in [-0.2, 0) is 4.74 Å². The Morgan fingerprint density at radius 2 is 2.07 bits per heavy atom. The summed E-state index contributed by atoms with van der Waals surface area (Å²) in [5.74, 6) is 4.22. The van der Waals surface area contributed by atoms with Crippen molar-refractivity contribution in [2.24, 2.45) is 4.99 Å². The minimum absolute atomic E-state index is 0.225. The van der Waals surface area contributed by atoms with Gasteiger partial charge in [-0.1, -0.05) is 18.2 Å². The van der Waals surface area contributed by atoms with E-state index in [4.69, 9.17) is 9.47 Å². The van der Waals surface area contributed by atoms with Gasteiger partial charge < -0.3 is 20.1 Å². The van der Waals surface area contributed by atoms with E-state index in [0.717, 1.165) is 57.5 Å². The summed E-state index contributed by atoms with van der Waals surface area (Å²) in [4.78, 5) is 7.00. The van der Waals surface area contributed by atoms with Gasteiger partial charge >= 0.3 is 0 Å². The molecule has 0 radical (unpaired) electrons. The highest BCUT2D eigenvalue weighted by atomic mass is 32.2. The molecule has 2 N–H and O–H groups in total. The first-order valence-electron chi connectivity index (χ1n) is 9.85. The summed E-state index contributed by atoms with van der Waals surface area (Å²) in [6.07, 6.45) is 2.16. The molecule has 1 unspecified atom stereocenters. The third-order valence-corrected chi connectivity index (χ3v) is 6.43. The predicted molar refractivity (Wildman–Crippen MR) is 113 cm³/mol. The average molecular weight is 393 g/mol. The molecule has 3 rings (SSSR count). The van der Waals surface area contributed by atoms with E-state index in [1.807, 2.05) is 37.4 Å². The highest BCUT2D eigenvalue weighted by molar-refractivity contribution is 7.99. The summed E-state index contributed by atoms with van der Waals surface area (Å²) < 4.78 is 11.3. The van der Waals surface area contributed by atoms with E-state index >= 15 is 0 Å². The molecule has 0 aliphatic carbocycles. The molecule has 0 spiro atoms. The number of nitrogens with zero attached hydrogens (tertiary/aromatic N) is 2. The Labute approximate surface area is 167 Å². The van der Waals surface area contributed by atoms with E-state index < -0.39 is 0 Å². The summed E-state index contributed by atoms with van der Waals surface area (Å²) in [7, 11) is 1.83. The largest absolute Gasteiger partial charge is 0.494 e. The summed E-state index contributed by atoms with van der Waals surface area (Å²) in [6, 6.07) is 9.95. The summed E-state index contributed by atoms with van der Waals surface area (Å²) in [5, 5.41) is 6.97. The van der Waals surface area contributed by atoms with E-state index in [1.165, 1.54) is 17.9 Å². The van der Waals surface area contributed by atoms with Crippen molar-refractivity contribution < 1.29 is 9.47 Å². The second-order valence-electron chi connectivity index (χ2n) is 6.99. The van der Waals surface area contributed by atoms with Crippen molar-refractivity contribution in [1.29, 1.82) is 0 Å². The maximum absolute atomic E-state index is 5.74. The number of hydrogen-bond donors (Lipinski definition) is 2. The van der Waals surface area contributed by atoms with E-state index in [-0.39, 0.29) is 5.54 Å². The van der Waals surface area contributed by atoms with E-state index in [0.29, 0.717) is 6.61 Å². The molecule has 1 atom stereocenters. The zero-order chi connectivity index (χ0) is 18.8. The Morgan fingerprint density at radius 1 is 1.26 bits per heavy atom. The number of benzene rings is 1. The Balaban J connectivity index is 1.38. The third kappa shape index (κ3) is 6.02. The molecule has 27 heavy (non-hydrogen) atoms. The van der Waals surface area contributed by atoms with E-state index in [9.17, 15) is 0 Å². The quantitative estimate of drug-likeness (QED) is 0.400. The lowest BCUT2D eigenvalue weighted by Gasteiger charge is -2.43. The number of para-hydroxylation sites is 1. The highest BCUT2D eigenvalue weighted by Crippen LogP contribution is 2.33. The molecule has 1 aromatic rings. The second kappa shape index (κ2) is 10.8. The summed E-state index contributed by atoms with van der Waals surface area (Å²) in [5.41, 5.74) is 0.225. The number of morpholine rings is 1. The van der Waals surface area contributed by atoms with Gasteiger partial charge in [-0.25, -0.2) is 0 Å². The summed E-state index contributed by atoms with van der Waals surface area (Å²) >= 11 is 2.06. The average Bonchev–Trinajstić information content (AvgIpc) is 3.22. The van der Waals surface area contributed by atoms with Crippen LogP contribution in [0.4, 0.5) is 0 Å². The van der Waals surface area contributed by atoms with Crippen molar-refractivity contribution in [3.05, 3.63) is 30.3 Å². The third-order valence-electron chi connectivity index (χ3n) is 5.20. The van der Waals surface area contributed by atoms with Gasteiger partial charge in [0.25, 0.3) is 0 Å². The van der Waals surface area contributed by atoms with Crippen LogP contribution < -0.4 is 15.4 Å². The molecule has 2 heterocycles. The van der Waals surface area contributed by atoms with Crippen molar-refractivity contribution in [1.82, 2.24) is 15.5 Å². The smallest absolute Gasteiger partial charge is 0.191 e. The van der Waals surface area contributed by atoms with Gasteiger partial charge in [0, 0.05) is 44.5 Å². The molecule has 0 amide bonds. The predicted octanol–water partition coefficient (Wildman–Crippen LogP) is 1.83. The molecule has 2 aliphatic rings. The zero-order valence-electron chi connectivity index (χ0n) is 16.3. The Kier molecular flexibility index (Phi) is 8.10. The van der Waals surface area contributed by atoms with Crippen molar-refractivity contribution in [2.45, 2.75) is 18.4 Å². The number of thioether (sulfide) groups is 1. The van der Waals surface area contributed by atoms with Crippen LogP contribution >= 0.6 is 11.8 Å². The Hall–Kier alpha value is -1.44. The molecule has 150 valence electrons. The molecule has 2 aliphatic heterocycles. The normalized spacial score (nSPS) is 24.0. The molecule has 1 aromatic carbocycles. The monoisotopic (exact) mass is 392 g/mol. The lowest BCUT2D eigenvalue weighted by atomic mass is 9.95. The molecule has 2 saturated heterocycles. The Bertz CT molecular complexity index is 573. The van der Waals surface area contributed by atoms with Crippen molar-refractivity contribution in [3.8, 4) is 5.75 Å². The van der Waals surface area contributed by atoms with Crippen molar-refractivity contribution in [3.63, 3.8) is 0 Å².